The van der Waals surface area contributed by atoms with Crippen LogP contribution in [0, 0.1) is 18.8 Å². The molecule has 0 spiro atoms. The van der Waals surface area contributed by atoms with Gasteiger partial charge in [-0.15, -0.1) is 5.73 Å². The fraction of sp³-hybridized carbons (Fsp3) is 0.542. The first-order valence-electron chi connectivity index (χ1n) is 9.91. The first-order valence-corrected chi connectivity index (χ1v) is 9.91. The molecule has 29 heavy (non-hydrogen) atoms. The molecule has 1 rings (SSSR count). The number of benzene rings is 1. The molecule has 0 amide bonds. The first-order chi connectivity index (χ1) is 13.4. The lowest BCUT2D eigenvalue weighted by Gasteiger charge is -2.36. The molecule has 0 fully saturated rings. The molecule has 0 saturated carbocycles. The number of hydrogen-bond donors (Lipinski definition) is 1. The summed E-state index contributed by atoms with van der Waals surface area (Å²) in [6.45, 7) is 10.7. The number of methoxy groups -OCH3 is 1. The van der Waals surface area contributed by atoms with Crippen LogP contribution in [0.2, 0.25) is 0 Å². The van der Waals surface area contributed by atoms with E-state index in [-0.39, 0.29) is 11.3 Å². The van der Waals surface area contributed by atoms with Gasteiger partial charge in [0.05, 0.1) is 7.11 Å². The second kappa shape index (κ2) is 10.2. The van der Waals surface area contributed by atoms with Gasteiger partial charge in [0.2, 0.25) is 0 Å². The quantitative estimate of drug-likeness (QED) is 0.384. The van der Waals surface area contributed by atoms with Crippen LogP contribution in [-0.2, 0) is 12.0 Å². The highest BCUT2D eigenvalue weighted by Gasteiger charge is 2.58. The highest BCUT2D eigenvalue weighted by molar-refractivity contribution is 5.47. The maximum atomic E-state index is 13.7. The van der Waals surface area contributed by atoms with E-state index in [9.17, 15) is 18.3 Å². The Kier molecular flexibility index (Phi) is 8.80. The van der Waals surface area contributed by atoms with Gasteiger partial charge in [0, 0.05) is 5.56 Å². The Labute approximate surface area is 172 Å². The number of rotatable bonds is 8. The van der Waals surface area contributed by atoms with E-state index in [1.165, 1.54) is 32.6 Å². The van der Waals surface area contributed by atoms with Crippen molar-refractivity contribution in [2.45, 2.75) is 66.2 Å². The van der Waals surface area contributed by atoms with Crippen molar-refractivity contribution in [3.63, 3.8) is 0 Å². The minimum Gasteiger partial charge on any atom is -0.496 e. The number of aryl methyl sites for hydroxylation is 1. The fourth-order valence-electron chi connectivity index (χ4n) is 3.32. The molecular weight excluding hydrogens is 377 g/mol. The summed E-state index contributed by atoms with van der Waals surface area (Å²) in [5, 5.41) is 10.6. The highest BCUT2D eigenvalue weighted by Crippen LogP contribution is 2.48. The molecular formula is C24H33F3O2. The fourth-order valence-corrected chi connectivity index (χ4v) is 3.32. The van der Waals surface area contributed by atoms with Crippen molar-refractivity contribution in [2.24, 2.45) is 11.8 Å². The molecule has 162 valence electrons. The molecule has 0 aliphatic heterocycles. The van der Waals surface area contributed by atoms with Crippen molar-refractivity contribution < 1.29 is 23.0 Å². The van der Waals surface area contributed by atoms with Gasteiger partial charge in [-0.2, -0.15) is 13.2 Å². The van der Waals surface area contributed by atoms with Gasteiger partial charge in [-0.25, -0.2) is 0 Å². The van der Waals surface area contributed by atoms with Crippen LogP contribution in [0.25, 0.3) is 0 Å². The summed E-state index contributed by atoms with van der Waals surface area (Å²) in [6.07, 6.45) is 2.43. The lowest BCUT2D eigenvalue weighted by Crippen LogP contribution is -2.47. The molecule has 2 nitrogen and oxygen atoms in total. The van der Waals surface area contributed by atoms with Crippen LogP contribution in [0.1, 0.15) is 57.7 Å². The zero-order valence-electron chi connectivity index (χ0n) is 18.4. The van der Waals surface area contributed by atoms with Gasteiger partial charge in [0.15, 0.2) is 5.60 Å². The van der Waals surface area contributed by atoms with E-state index in [1.807, 2.05) is 19.1 Å². The van der Waals surface area contributed by atoms with Crippen LogP contribution in [-0.4, -0.2) is 18.4 Å². The molecule has 0 saturated heterocycles. The SMILES string of the molecule is CC=C(CC=C=CCc1cc(OC)c(C(O)(C(C)C)C(F)(F)F)cc1C)C(C)C. The van der Waals surface area contributed by atoms with Gasteiger partial charge in [-0.1, -0.05) is 39.3 Å². The van der Waals surface area contributed by atoms with Gasteiger partial charge in [-0.3, -0.25) is 0 Å². The van der Waals surface area contributed by atoms with Crippen LogP contribution in [0.5, 0.6) is 5.75 Å². The van der Waals surface area contributed by atoms with Crippen molar-refractivity contribution >= 4 is 0 Å². The van der Waals surface area contributed by atoms with E-state index < -0.39 is 17.7 Å². The standard InChI is InChI=1S/C24H33F3O2/c1-8-19(16(2)3)12-10-9-11-13-20-15-22(29-7)21(14-18(20)6)23(28,17(4)5)24(25,26)27/h8,10-11,14-17,28H,12-13H2,1-7H3. The van der Waals surface area contributed by atoms with Crippen LogP contribution < -0.4 is 4.74 Å². The molecule has 0 bridgehead atoms. The third-order valence-electron chi connectivity index (χ3n) is 5.34. The summed E-state index contributed by atoms with van der Waals surface area (Å²) in [5.41, 5.74) is 2.74. The maximum Gasteiger partial charge on any atom is 0.421 e. The Morgan fingerprint density at radius 1 is 1.17 bits per heavy atom. The zero-order valence-corrected chi connectivity index (χ0v) is 18.4. The Morgan fingerprint density at radius 2 is 1.79 bits per heavy atom. The normalized spacial score (nSPS) is 14.6. The third-order valence-corrected chi connectivity index (χ3v) is 5.34. The average molecular weight is 411 g/mol. The van der Waals surface area contributed by atoms with Crippen LogP contribution >= 0.6 is 0 Å². The summed E-state index contributed by atoms with van der Waals surface area (Å²) in [4.78, 5) is 0. The summed E-state index contributed by atoms with van der Waals surface area (Å²) in [6, 6.07) is 2.96. The van der Waals surface area contributed by atoms with Gasteiger partial charge in [0.1, 0.15) is 5.75 Å². The molecule has 1 aromatic carbocycles. The number of ether oxygens (including phenoxy) is 1. The van der Waals surface area contributed by atoms with Gasteiger partial charge < -0.3 is 9.84 Å². The first kappa shape index (κ1) is 25.1. The predicted molar refractivity (Wildman–Crippen MR) is 112 cm³/mol. The molecule has 1 unspecified atom stereocenters. The van der Waals surface area contributed by atoms with Crippen molar-refractivity contribution in [3.8, 4) is 5.75 Å². The third kappa shape index (κ3) is 5.77. The largest absolute Gasteiger partial charge is 0.496 e. The van der Waals surface area contributed by atoms with Crippen molar-refractivity contribution in [2.75, 3.05) is 7.11 Å². The van der Waals surface area contributed by atoms with Crippen molar-refractivity contribution in [3.05, 3.63) is 58.4 Å². The van der Waals surface area contributed by atoms with E-state index >= 15 is 0 Å². The molecule has 1 atom stereocenters. The van der Waals surface area contributed by atoms with Crippen LogP contribution in [0.4, 0.5) is 13.2 Å². The monoisotopic (exact) mass is 410 g/mol. The summed E-state index contributed by atoms with van der Waals surface area (Å²) in [7, 11) is 1.31. The number of alkyl halides is 3. The van der Waals surface area contributed by atoms with E-state index in [4.69, 9.17) is 4.74 Å². The molecule has 1 aromatic rings. The minimum absolute atomic E-state index is 0.0347. The highest BCUT2D eigenvalue weighted by atomic mass is 19.4. The molecule has 0 heterocycles. The van der Waals surface area contributed by atoms with Gasteiger partial charge in [-0.05, 0) is 73.9 Å². The van der Waals surface area contributed by atoms with Crippen LogP contribution in [0.15, 0.2) is 41.7 Å². The second-order valence-corrected chi connectivity index (χ2v) is 7.90. The number of halogens is 3. The van der Waals surface area contributed by atoms with Crippen molar-refractivity contribution in [1.29, 1.82) is 0 Å². The number of aliphatic hydroxyl groups is 1. The number of hydrogen-bond acceptors (Lipinski definition) is 2. The lowest BCUT2D eigenvalue weighted by atomic mass is 9.80. The summed E-state index contributed by atoms with van der Waals surface area (Å²) < 4.78 is 46.3. The molecule has 0 radical (unpaired) electrons. The second-order valence-electron chi connectivity index (χ2n) is 7.90. The van der Waals surface area contributed by atoms with Gasteiger partial charge in [0.25, 0.3) is 0 Å². The van der Waals surface area contributed by atoms with Crippen molar-refractivity contribution in [1.82, 2.24) is 0 Å². The molecule has 0 aliphatic carbocycles. The van der Waals surface area contributed by atoms with E-state index in [1.54, 1.807) is 13.0 Å². The zero-order chi connectivity index (χ0) is 22.4. The topological polar surface area (TPSA) is 29.5 Å². The summed E-state index contributed by atoms with van der Waals surface area (Å²) >= 11 is 0. The van der Waals surface area contributed by atoms with E-state index in [0.717, 1.165) is 12.0 Å². The van der Waals surface area contributed by atoms with E-state index in [0.29, 0.717) is 17.9 Å². The minimum atomic E-state index is -4.81. The predicted octanol–water partition coefficient (Wildman–Crippen LogP) is 6.66. The van der Waals surface area contributed by atoms with Crippen LogP contribution in [0.3, 0.4) is 0 Å². The molecule has 0 aromatic heterocycles. The Morgan fingerprint density at radius 3 is 2.24 bits per heavy atom. The average Bonchev–Trinajstić information content (AvgIpc) is 2.63. The molecule has 1 N–H and O–H groups in total. The Bertz CT molecular complexity index is 782. The smallest absolute Gasteiger partial charge is 0.421 e. The van der Waals surface area contributed by atoms with Gasteiger partial charge >= 0.3 is 6.18 Å². The molecule has 5 heteroatoms. The number of allylic oxidation sites excluding steroid dienone is 3. The summed E-state index contributed by atoms with van der Waals surface area (Å²) in [5.74, 6) is -0.552. The Hall–Kier alpha value is -1.97. The molecule has 0 aliphatic rings. The Balaban J connectivity index is 3.22. The lowest BCUT2D eigenvalue weighted by molar-refractivity contribution is -0.283. The van der Waals surface area contributed by atoms with E-state index in [2.05, 4.69) is 25.7 Å². The maximum absolute atomic E-state index is 13.7.